The molecule has 0 spiro atoms. The number of nitrogens with one attached hydrogen (secondary N) is 3. The summed E-state index contributed by atoms with van der Waals surface area (Å²) >= 11 is 0. The molecule has 0 bridgehead atoms. The van der Waals surface area contributed by atoms with E-state index < -0.39 is 11.5 Å². The van der Waals surface area contributed by atoms with Crippen molar-refractivity contribution in [2.24, 2.45) is 5.92 Å². The maximum absolute atomic E-state index is 12.5. The van der Waals surface area contributed by atoms with Gasteiger partial charge in [0.25, 0.3) is 0 Å². The van der Waals surface area contributed by atoms with E-state index in [0.717, 1.165) is 24.0 Å². The second-order valence-electron chi connectivity index (χ2n) is 9.37. The van der Waals surface area contributed by atoms with E-state index in [1.54, 1.807) is 7.11 Å². The van der Waals surface area contributed by atoms with E-state index in [1.807, 2.05) is 49.4 Å². The fraction of sp³-hybridized carbons (Fsp3) is 0.423. The molecule has 0 unspecified atom stereocenters. The summed E-state index contributed by atoms with van der Waals surface area (Å²) in [5.74, 6) is -0.488. The van der Waals surface area contributed by atoms with Crippen LogP contribution in [-0.4, -0.2) is 35.7 Å². The molecular formula is C26H33N3O5. The molecule has 0 aromatic heterocycles. The zero-order valence-electron chi connectivity index (χ0n) is 20.1. The minimum Gasteiger partial charge on any atom is -0.495 e. The van der Waals surface area contributed by atoms with Gasteiger partial charge in [0.1, 0.15) is 11.3 Å². The minimum absolute atomic E-state index is 0.168. The third-order valence-corrected chi connectivity index (χ3v) is 6.31. The van der Waals surface area contributed by atoms with Crippen LogP contribution in [0.2, 0.25) is 0 Å². The number of aliphatic carboxylic acids is 1. The molecule has 1 aliphatic carbocycles. The van der Waals surface area contributed by atoms with E-state index in [4.69, 9.17) is 4.74 Å². The molecule has 1 aliphatic rings. The van der Waals surface area contributed by atoms with Gasteiger partial charge in [0.2, 0.25) is 5.91 Å². The molecule has 8 heteroatoms. The van der Waals surface area contributed by atoms with Crippen molar-refractivity contribution in [3.05, 3.63) is 53.6 Å². The van der Waals surface area contributed by atoms with E-state index in [0.29, 0.717) is 35.9 Å². The first-order valence-corrected chi connectivity index (χ1v) is 11.5. The number of amides is 3. The minimum atomic E-state index is -1.27. The van der Waals surface area contributed by atoms with Gasteiger partial charge in [-0.2, -0.15) is 0 Å². The zero-order chi connectivity index (χ0) is 24.9. The summed E-state index contributed by atoms with van der Waals surface area (Å²) in [5, 5.41) is 17.5. The third kappa shape index (κ3) is 6.27. The van der Waals surface area contributed by atoms with Gasteiger partial charge in [-0.3, -0.25) is 4.79 Å². The van der Waals surface area contributed by atoms with Gasteiger partial charge in [-0.05, 0) is 87.8 Å². The molecule has 4 N–H and O–H groups in total. The maximum atomic E-state index is 12.5. The molecule has 1 fully saturated rings. The molecule has 2 aromatic rings. The fourth-order valence-corrected chi connectivity index (χ4v) is 4.20. The van der Waals surface area contributed by atoms with E-state index in [-0.39, 0.29) is 17.9 Å². The lowest BCUT2D eigenvalue weighted by molar-refractivity contribution is -0.146. The average molecular weight is 468 g/mol. The number of hydrogen-bond donors (Lipinski definition) is 4. The van der Waals surface area contributed by atoms with Crippen molar-refractivity contribution in [3.63, 3.8) is 0 Å². The summed E-state index contributed by atoms with van der Waals surface area (Å²) < 4.78 is 5.30. The standard InChI is InChI=1S/C26H33N3O5/c1-16-5-14-22(34-4)21(15-16)28-25(33)27-20-12-10-18(11-13-20)17-6-8-19(9-7-17)23(30)29-26(2,3)24(31)32/h5,10-15,17,19H,6-9H2,1-4H3,(H,29,30)(H,31,32)(H2,27,28,33). The Bertz CT molecular complexity index is 1040. The van der Waals surface area contributed by atoms with Crippen molar-refractivity contribution in [2.75, 3.05) is 17.7 Å². The number of carboxylic acid groups (broad SMARTS) is 1. The van der Waals surface area contributed by atoms with E-state index in [9.17, 15) is 19.5 Å². The number of carbonyl (C=O) groups is 3. The maximum Gasteiger partial charge on any atom is 0.328 e. The lowest BCUT2D eigenvalue weighted by Crippen LogP contribution is -2.51. The van der Waals surface area contributed by atoms with Crippen LogP contribution in [0.1, 0.15) is 56.6 Å². The molecule has 0 radical (unpaired) electrons. The van der Waals surface area contributed by atoms with Crippen molar-refractivity contribution in [1.29, 1.82) is 0 Å². The van der Waals surface area contributed by atoms with Crippen LogP contribution in [0.4, 0.5) is 16.2 Å². The number of anilines is 2. The van der Waals surface area contributed by atoms with Gasteiger partial charge in [-0.15, -0.1) is 0 Å². The largest absolute Gasteiger partial charge is 0.495 e. The number of ether oxygens (including phenoxy) is 1. The van der Waals surface area contributed by atoms with E-state index >= 15 is 0 Å². The van der Waals surface area contributed by atoms with Crippen molar-refractivity contribution < 1.29 is 24.2 Å². The predicted molar refractivity (Wildman–Crippen MR) is 131 cm³/mol. The van der Waals surface area contributed by atoms with Gasteiger partial charge in [0.05, 0.1) is 12.8 Å². The van der Waals surface area contributed by atoms with Gasteiger partial charge in [0, 0.05) is 11.6 Å². The number of aryl methyl sites for hydroxylation is 1. The number of rotatable bonds is 7. The van der Waals surface area contributed by atoms with Crippen LogP contribution in [0.3, 0.4) is 0 Å². The predicted octanol–water partition coefficient (Wildman–Crippen LogP) is 4.90. The van der Waals surface area contributed by atoms with Gasteiger partial charge in [0.15, 0.2) is 0 Å². The van der Waals surface area contributed by atoms with Crippen LogP contribution in [0.25, 0.3) is 0 Å². The average Bonchev–Trinajstić information content (AvgIpc) is 2.79. The fourth-order valence-electron chi connectivity index (χ4n) is 4.20. The molecule has 2 aromatic carbocycles. The van der Waals surface area contributed by atoms with Crippen LogP contribution in [-0.2, 0) is 9.59 Å². The van der Waals surface area contributed by atoms with Gasteiger partial charge in [-0.1, -0.05) is 18.2 Å². The lowest BCUT2D eigenvalue weighted by atomic mass is 9.78. The highest BCUT2D eigenvalue weighted by Gasteiger charge is 2.33. The molecular weight excluding hydrogens is 434 g/mol. The van der Waals surface area contributed by atoms with E-state index in [1.165, 1.54) is 13.8 Å². The molecule has 3 amide bonds. The highest BCUT2D eigenvalue weighted by Crippen LogP contribution is 2.36. The Labute approximate surface area is 200 Å². The molecule has 0 heterocycles. The van der Waals surface area contributed by atoms with Crippen LogP contribution in [0.15, 0.2) is 42.5 Å². The second kappa shape index (κ2) is 10.6. The lowest BCUT2D eigenvalue weighted by Gasteiger charge is -2.30. The summed E-state index contributed by atoms with van der Waals surface area (Å²) in [6.45, 7) is 4.93. The number of methoxy groups -OCH3 is 1. The first-order valence-electron chi connectivity index (χ1n) is 11.5. The molecule has 34 heavy (non-hydrogen) atoms. The van der Waals surface area contributed by atoms with Crippen LogP contribution in [0.5, 0.6) is 5.75 Å². The molecule has 1 saturated carbocycles. The van der Waals surface area contributed by atoms with Crippen molar-refractivity contribution in [3.8, 4) is 5.75 Å². The van der Waals surface area contributed by atoms with Crippen molar-refractivity contribution in [2.45, 2.75) is 57.9 Å². The highest BCUT2D eigenvalue weighted by atomic mass is 16.5. The summed E-state index contributed by atoms with van der Waals surface area (Å²) in [6, 6.07) is 13.0. The Balaban J connectivity index is 1.52. The molecule has 0 aliphatic heterocycles. The topological polar surface area (TPSA) is 117 Å². The van der Waals surface area contributed by atoms with Gasteiger partial charge >= 0.3 is 12.0 Å². The summed E-state index contributed by atoms with van der Waals surface area (Å²) in [4.78, 5) is 36.2. The molecule has 182 valence electrons. The van der Waals surface area contributed by atoms with Crippen LogP contribution >= 0.6 is 0 Å². The van der Waals surface area contributed by atoms with Crippen molar-refractivity contribution in [1.82, 2.24) is 5.32 Å². The van der Waals surface area contributed by atoms with Gasteiger partial charge < -0.3 is 25.8 Å². The number of hydrogen-bond acceptors (Lipinski definition) is 4. The Morgan fingerprint density at radius 1 is 0.971 bits per heavy atom. The Morgan fingerprint density at radius 2 is 1.62 bits per heavy atom. The monoisotopic (exact) mass is 467 g/mol. The number of carbonyl (C=O) groups excluding carboxylic acids is 2. The second-order valence-corrected chi connectivity index (χ2v) is 9.37. The van der Waals surface area contributed by atoms with Crippen LogP contribution in [0, 0.1) is 12.8 Å². The Hall–Kier alpha value is -3.55. The Kier molecular flexibility index (Phi) is 7.81. The van der Waals surface area contributed by atoms with E-state index in [2.05, 4.69) is 16.0 Å². The smallest absolute Gasteiger partial charge is 0.328 e. The van der Waals surface area contributed by atoms with Gasteiger partial charge in [-0.25, -0.2) is 9.59 Å². The first-order chi connectivity index (χ1) is 16.1. The van der Waals surface area contributed by atoms with Crippen LogP contribution < -0.4 is 20.7 Å². The SMILES string of the molecule is COc1ccc(C)cc1NC(=O)Nc1ccc(C2CCC(C(=O)NC(C)(C)C(=O)O)CC2)cc1. The summed E-state index contributed by atoms with van der Waals surface area (Å²) in [7, 11) is 1.56. The molecule has 3 rings (SSSR count). The normalized spacial score (nSPS) is 18.0. The number of carboxylic acids is 1. The Morgan fingerprint density at radius 3 is 2.21 bits per heavy atom. The summed E-state index contributed by atoms with van der Waals surface area (Å²) in [5.41, 5.74) is 2.18. The molecule has 8 nitrogen and oxygen atoms in total. The zero-order valence-corrected chi connectivity index (χ0v) is 20.1. The number of benzene rings is 2. The van der Waals surface area contributed by atoms with Crippen molar-refractivity contribution >= 4 is 29.3 Å². The highest BCUT2D eigenvalue weighted by molar-refractivity contribution is 6.00. The third-order valence-electron chi connectivity index (χ3n) is 6.31. The summed E-state index contributed by atoms with van der Waals surface area (Å²) in [6.07, 6.45) is 3.14. The molecule has 0 atom stereocenters. The number of urea groups is 1. The quantitative estimate of drug-likeness (QED) is 0.462. The first kappa shape index (κ1) is 25.1. The molecule has 0 saturated heterocycles.